The van der Waals surface area contributed by atoms with E-state index in [0.29, 0.717) is 16.9 Å². The van der Waals surface area contributed by atoms with E-state index in [0.717, 1.165) is 18.5 Å². The van der Waals surface area contributed by atoms with Crippen LogP contribution in [-0.2, 0) is 0 Å². The Morgan fingerprint density at radius 2 is 2.33 bits per heavy atom. The summed E-state index contributed by atoms with van der Waals surface area (Å²) in [5, 5.41) is 6.81. The van der Waals surface area contributed by atoms with Crippen molar-refractivity contribution in [3.63, 3.8) is 0 Å². The highest BCUT2D eigenvalue weighted by molar-refractivity contribution is 7.99. The molecular formula is C13H19N3OS. The molecule has 0 aliphatic heterocycles. The number of pyridine rings is 1. The van der Waals surface area contributed by atoms with E-state index in [1.54, 1.807) is 12.4 Å². The summed E-state index contributed by atoms with van der Waals surface area (Å²) < 4.78 is 0. The van der Waals surface area contributed by atoms with Gasteiger partial charge in [0, 0.05) is 36.4 Å². The molecule has 1 aliphatic carbocycles. The maximum Gasteiger partial charge on any atom is 0.255 e. The molecule has 1 aromatic rings. The molecule has 2 rings (SSSR count). The third-order valence-electron chi connectivity index (χ3n) is 3.39. The van der Waals surface area contributed by atoms with E-state index in [1.165, 1.54) is 6.42 Å². The van der Waals surface area contributed by atoms with Crippen LogP contribution in [0.3, 0.4) is 0 Å². The SMILES string of the molecule is CNc1ccncc1C(=O)NC1CCC(SC)C1. The van der Waals surface area contributed by atoms with Crippen molar-refractivity contribution in [1.82, 2.24) is 10.3 Å². The fourth-order valence-electron chi connectivity index (χ4n) is 2.34. The maximum atomic E-state index is 12.2. The summed E-state index contributed by atoms with van der Waals surface area (Å²) in [7, 11) is 1.81. The molecule has 1 amide bonds. The molecule has 1 heterocycles. The Hall–Kier alpha value is -1.23. The monoisotopic (exact) mass is 265 g/mol. The molecule has 2 unspecified atom stereocenters. The quantitative estimate of drug-likeness (QED) is 0.876. The second kappa shape index (κ2) is 6.09. The minimum atomic E-state index is -0.0285. The number of nitrogens with zero attached hydrogens (tertiary/aromatic N) is 1. The summed E-state index contributed by atoms with van der Waals surface area (Å²) in [6, 6.07) is 2.12. The number of hydrogen-bond acceptors (Lipinski definition) is 4. The molecule has 98 valence electrons. The number of anilines is 1. The molecule has 0 aromatic carbocycles. The van der Waals surface area contributed by atoms with Gasteiger partial charge < -0.3 is 10.6 Å². The first-order chi connectivity index (χ1) is 8.74. The van der Waals surface area contributed by atoms with Crippen molar-refractivity contribution in [3.8, 4) is 0 Å². The fraction of sp³-hybridized carbons (Fsp3) is 0.538. The van der Waals surface area contributed by atoms with Crippen LogP contribution in [0.15, 0.2) is 18.5 Å². The van der Waals surface area contributed by atoms with Gasteiger partial charge in [-0.25, -0.2) is 0 Å². The van der Waals surface area contributed by atoms with E-state index in [4.69, 9.17) is 0 Å². The molecule has 0 bridgehead atoms. The van der Waals surface area contributed by atoms with Crippen LogP contribution in [0.2, 0.25) is 0 Å². The summed E-state index contributed by atoms with van der Waals surface area (Å²) in [4.78, 5) is 16.2. The topological polar surface area (TPSA) is 54.0 Å². The molecule has 1 aromatic heterocycles. The minimum Gasteiger partial charge on any atom is -0.387 e. The van der Waals surface area contributed by atoms with Crippen LogP contribution < -0.4 is 10.6 Å². The first-order valence-corrected chi connectivity index (χ1v) is 7.48. The lowest BCUT2D eigenvalue weighted by Gasteiger charge is -2.14. The Morgan fingerprint density at radius 3 is 3.00 bits per heavy atom. The van der Waals surface area contributed by atoms with Crippen LogP contribution in [0.25, 0.3) is 0 Å². The highest BCUT2D eigenvalue weighted by atomic mass is 32.2. The lowest BCUT2D eigenvalue weighted by molar-refractivity contribution is 0.0938. The second-order valence-electron chi connectivity index (χ2n) is 4.51. The molecular weight excluding hydrogens is 246 g/mol. The zero-order chi connectivity index (χ0) is 13.0. The van der Waals surface area contributed by atoms with Gasteiger partial charge in [0.15, 0.2) is 0 Å². The van der Waals surface area contributed by atoms with Crippen LogP contribution in [0.5, 0.6) is 0 Å². The fourth-order valence-corrected chi connectivity index (χ4v) is 3.14. The van der Waals surface area contributed by atoms with Crippen LogP contribution in [-0.4, -0.2) is 35.5 Å². The van der Waals surface area contributed by atoms with Crippen molar-refractivity contribution in [2.75, 3.05) is 18.6 Å². The Bertz CT molecular complexity index is 424. The van der Waals surface area contributed by atoms with E-state index >= 15 is 0 Å². The Kier molecular flexibility index (Phi) is 4.47. The normalized spacial score (nSPS) is 22.8. The molecule has 1 fully saturated rings. The third kappa shape index (κ3) is 2.96. The average Bonchev–Trinajstić information content (AvgIpc) is 2.86. The van der Waals surface area contributed by atoms with Crippen molar-refractivity contribution in [3.05, 3.63) is 24.0 Å². The minimum absolute atomic E-state index is 0.0285. The van der Waals surface area contributed by atoms with Crippen molar-refractivity contribution < 1.29 is 4.79 Å². The van der Waals surface area contributed by atoms with Crippen LogP contribution in [0, 0.1) is 0 Å². The molecule has 0 spiro atoms. The van der Waals surface area contributed by atoms with Crippen LogP contribution in [0.4, 0.5) is 5.69 Å². The van der Waals surface area contributed by atoms with Crippen LogP contribution in [0.1, 0.15) is 29.6 Å². The molecule has 0 radical (unpaired) electrons. The molecule has 5 heteroatoms. The lowest BCUT2D eigenvalue weighted by Crippen LogP contribution is -2.33. The van der Waals surface area contributed by atoms with Crippen molar-refractivity contribution in [1.29, 1.82) is 0 Å². The molecule has 1 aliphatic rings. The summed E-state index contributed by atoms with van der Waals surface area (Å²) in [5.74, 6) is -0.0285. The van der Waals surface area contributed by atoms with Gasteiger partial charge in [0.25, 0.3) is 5.91 Å². The predicted octanol–water partition coefficient (Wildman–Crippen LogP) is 2.14. The zero-order valence-corrected chi connectivity index (χ0v) is 11.6. The van der Waals surface area contributed by atoms with E-state index in [1.807, 2.05) is 24.9 Å². The van der Waals surface area contributed by atoms with Crippen LogP contribution >= 0.6 is 11.8 Å². The number of nitrogens with one attached hydrogen (secondary N) is 2. The molecule has 2 N–H and O–H groups in total. The Morgan fingerprint density at radius 1 is 1.50 bits per heavy atom. The van der Waals surface area contributed by atoms with E-state index in [2.05, 4.69) is 21.9 Å². The highest BCUT2D eigenvalue weighted by Gasteiger charge is 2.25. The van der Waals surface area contributed by atoms with E-state index < -0.39 is 0 Å². The first kappa shape index (κ1) is 13.2. The van der Waals surface area contributed by atoms with Gasteiger partial charge in [0.05, 0.1) is 5.56 Å². The lowest BCUT2D eigenvalue weighted by atomic mass is 10.2. The Labute approximate surface area is 112 Å². The number of rotatable bonds is 4. The Balaban J connectivity index is 2.00. The van der Waals surface area contributed by atoms with Gasteiger partial charge in [-0.3, -0.25) is 9.78 Å². The number of thioether (sulfide) groups is 1. The smallest absolute Gasteiger partial charge is 0.255 e. The number of carbonyl (C=O) groups is 1. The van der Waals surface area contributed by atoms with Gasteiger partial charge in [0.1, 0.15) is 0 Å². The summed E-state index contributed by atoms with van der Waals surface area (Å²) in [6.45, 7) is 0. The number of aromatic nitrogens is 1. The number of carbonyl (C=O) groups excluding carboxylic acids is 1. The third-order valence-corrected chi connectivity index (χ3v) is 4.48. The van der Waals surface area contributed by atoms with Crippen molar-refractivity contribution >= 4 is 23.4 Å². The van der Waals surface area contributed by atoms with E-state index in [-0.39, 0.29) is 5.91 Å². The largest absolute Gasteiger partial charge is 0.387 e. The van der Waals surface area contributed by atoms with Gasteiger partial charge >= 0.3 is 0 Å². The van der Waals surface area contributed by atoms with Gasteiger partial charge in [-0.15, -0.1) is 0 Å². The van der Waals surface area contributed by atoms with Gasteiger partial charge in [-0.1, -0.05) is 0 Å². The second-order valence-corrected chi connectivity index (χ2v) is 5.65. The standard InChI is InChI=1S/C13H19N3OS/c1-14-12-5-6-15-8-11(12)13(17)16-9-3-4-10(7-9)18-2/h5-6,8-10H,3-4,7H2,1-2H3,(H,14,15)(H,16,17). The first-order valence-electron chi connectivity index (χ1n) is 6.20. The van der Waals surface area contributed by atoms with Gasteiger partial charge in [0.2, 0.25) is 0 Å². The van der Waals surface area contributed by atoms with E-state index in [9.17, 15) is 4.79 Å². The molecule has 4 nitrogen and oxygen atoms in total. The summed E-state index contributed by atoms with van der Waals surface area (Å²) in [6.07, 6.45) is 8.77. The molecule has 2 atom stereocenters. The van der Waals surface area contributed by atoms with Crippen molar-refractivity contribution in [2.45, 2.75) is 30.6 Å². The average molecular weight is 265 g/mol. The van der Waals surface area contributed by atoms with Crippen molar-refractivity contribution in [2.24, 2.45) is 0 Å². The summed E-state index contributed by atoms with van der Waals surface area (Å²) >= 11 is 1.89. The highest BCUT2D eigenvalue weighted by Crippen LogP contribution is 2.28. The molecule has 1 saturated carbocycles. The van der Waals surface area contributed by atoms with Gasteiger partial charge in [-0.2, -0.15) is 11.8 Å². The summed E-state index contributed by atoms with van der Waals surface area (Å²) in [5.41, 5.74) is 1.44. The van der Waals surface area contributed by atoms with Gasteiger partial charge in [-0.05, 0) is 31.6 Å². The number of hydrogen-bond donors (Lipinski definition) is 2. The molecule has 0 saturated heterocycles. The number of amides is 1. The predicted molar refractivity (Wildman–Crippen MR) is 76.2 cm³/mol. The molecule has 18 heavy (non-hydrogen) atoms. The zero-order valence-electron chi connectivity index (χ0n) is 10.8. The maximum absolute atomic E-state index is 12.2.